The fourth-order valence-corrected chi connectivity index (χ4v) is 2.12. The smallest absolute Gasteiger partial charge is 0.131 e. The lowest BCUT2D eigenvalue weighted by molar-refractivity contribution is -0.671. The van der Waals surface area contributed by atoms with Gasteiger partial charge in [-0.15, -0.1) is 0 Å². The van der Waals surface area contributed by atoms with Crippen LogP contribution < -0.4 is 14.8 Å². The zero-order chi connectivity index (χ0) is 14.2. The molecule has 1 aromatic carbocycles. The Hall–Kier alpha value is -2.01. The summed E-state index contributed by atoms with van der Waals surface area (Å²) in [6.45, 7) is 3.00. The van der Waals surface area contributed by atoms with Crippen LogP contribution in [0.5, 0.6) is 11.5 Å². The number of aryl methyl sites for hydroxylation is 1. The largest absolute Gasteiger partial charge is 0.497 e. The molecular formula is C15H22N3O2+. The summed E-state index contributed by atoms with van der Waals surface area (Å²) in [6, 6.07) is 5.95. The van der Waals surface area contributed by atoms with E-state index in [1.807, 2.05) is 30.9 Å². The van der Waals surface area contributed by atoms with Crippen molar-refractivity contribution >= 4 is 0 Å². The van der Waals surface area contributed by atoms with Crippen LogP contribution in [0.4, 0.5) is 0 Å². The van der Waals surface area contributed by atoms with Crippen LogP contribution in [-0.4, -0.2) is 30.3 Å². The summed E-state index contributed by atoms with van der Waals surface area (Å²) in [6.07, 6.45) is 6.78. The molecule has 0 saturated heterocycles. The summed E-state index contributed by atoms with van der Waals surface area (Å²) < 4.78 is 12.7. The number of benzene rings is 1. The minimum atomic E-state index is 0.825. The number of quaternary nitrogens is 1. The quantitative estimate of drug-likeness (QED) is 0.733. The van der Waals surface area contributed by atoms with Crippen molar-refractivity contribution in [1.29, 1.82) is 0 Å². The molecule has 0 radical (unpaired) electrons. The lowest BCUT2D eigenvalue weighted by Crippen LogP contribution is -2.82. The van der Waals surface area contributed by atoms with Crippen LogP contribution in [0.1, 0.15) is 12.0 Å². The third-order valence-electron chi connectivity index (χ3n) is 3.24. The lowest BCUT2D eigenvalue weighted by Gasteiger charge is -2.09. The van der Waals surface area contributed by atoms with Gasteiger partial charge in [-0.05, 0) is 12.1 Å². The Morgan fingerprint density at radius 2 is 2.15 bits per heavy atom. The molecule has 0 unspecified atom stereocenters. The molecule has 5 nitrogen and oxygen atoms in total. The number of hydrogen-bond acceptors (Lipinski definition) is 3. The van der Waals surface area contributed by atoms with Crippen LogP contribution >= 0.6 is 0 Å². The van der Waals surface area contributed by atoms with E-state index in [1.54, 1.807) is 14.2 Å². The first-order valence-electron chi connectivity index (χ1n) is 6.82. The van der Waals surface area contributed by atoms with Crippen molar-refractivity contribution in [3.8, 4) is 11.5 Å². The van der Waals surface area contributed by atoms with Gasteiger partial charge in [0.05, 0.1) is 27.1 Å². The number of aromatic nitrogens is 2. The van der Waals surface area contributed by atoms with Crippen LogP contribution in [0.3, 0.4) is 0 Å². The van der Waals surface area contributed by atoms with Gasteiger partial charge in [0.2, 0.25) is 0 Å². The van der Waals surface area contributed by atoms with E-state index >= 15 is 0 Å². The normalized spacial score (nSPS) is 10.5. The Morgan fingerprint density at radius 3 is 2.85 bits per heavy atom. The minimum absolute atomic E-state index is 0.825. The van der Waals surface area contributed by atoms with Crippen molar-refractivity contribution in [2.24, 2.45) is 0 Å². The second-order valence-corrected chi connectivity index (χ2v) is 4.61. The second kappa shape index (κ2) is 7.55. The summed E-state index contributed by atoms with van der Waals surface area (Å²) in [5, 5.41) is 2.29. The molecule has 0 bridgehead atoms. The molecule has 2 N–H and O–H groups in total. The zero-order valence-corrected chi connectivity index (χ0v) is 12.1. The predicted octanol–water partition coefficient (Wildman–Crippen LogP) is 1.05. The van der Waals surface area contributed by atoms with Gasteiger partial charge in [0.1, 0.15) is 18.0 Å². The number of ether oxygens (including phenoxy) is 2. The van der Waals surface area contributed by atoms with E-state index in [0.717, 1.165) is 37.6 Å². The molecule has 20 heavy (non-hydrogen) atoms. The first kappa shape index (κ1) is 14.4. The molecule has 2 aromatic rings. The predicted molar refractivity (Wildman–Crippen MR) is 76.9 cm³/mol. The van der Waals surface area contributed by atoms with Crippen molar-refractivity contribution in [1.82, 2.24) is 9.55 Å². The Bertz CT molecular complexity index is 512. The van der Waals surface area contributed by atoms with Gasteiger partial charge in [-0.3, -0.25) is 0 Å². The minimum Gasteiger partial charge on any atom is -0.497 e. The third kappa shape index (κ3) is 3.99. The molecule has 0 amide bonds. The fraction of sp³-hybridized carbons (Fsp3) is 0.400. The van der Waals surface area contributed by atoms with Crippen LogP contribution in [0.2, 0.25) is 0 Å². The summed E-state index contributed by atoms with van der Waals surface area (Å²) in [5.74, 6) is 1.71. The van der Waals surface area contributed by atoms with E-state index in [9.17, 15) is 0 Å². The van der Waals surface area contributed by atoms with Crippen LogP contribution in [0.25, 0.3) is 0 Å². The summed E-state index contributed by atoms with van der Waals surface area (Å²) >= 11 is 0. The van der Waals surface area contributed by atoms with Gasteiger partial charge < -0.3 is 19.4 Å². The molecule has 108 valence electrons. The highest BCUT2D eigenvalue weighted by Crippen LogP contribution is 2.23. The van der Waals surface area contributed by atoms with Gasteiger partial charge in [-0.1, -0.05) is 0 Å². The number of methoxy groups -OCH3 is 2. The number of imidazole rings is 1. The number of nitrogens with two attached hydrogens (primary N) is 1. The van der Waals surface area contributed by atoms with E-state index in [0.29, 0.717) is 0 Å². The maximum atomic E-state index is 5.39. The van der Waals surface area contributed by atoms with E-state index in [1.165, 1.54) is 5.56 Å². The Kier molecular flexibility index (Phi) is 5.43. The molecule has 0 atom stereocenters. The Morgan fingerprint density at radius 1 is 1.25 bits per heavy atom. The highest BCUT2D eigenvalue weighted by Gasteiger charge is 2.06. The molecule has 0 aliphatic heterocycles. The summed E-state index contributed by atoms with van der Waals surface area (Å²) in [5.41, 5.74) is 1.19. The summed E-state index contributed by atoms with van der Waals surface area (Å²) in [4.78, 5) is 4.03. The maximum absolute atomic E-state index is 5.39. The molecule has 1 aromatic heterocycles. The lowest BCUT2D eigenvalue weighted by atomic mass is 10.2. The van der Waals surface area contributed by atoms with Crippen molar-refractivity contribution in [2.45, 2.75) is 19.5 Å². The molecule has 2 rings (SSSR count). The number of rotatable bonds is 8. The topological polar surface area (TPSA) is 52.9 Å². The van der Waals surface area contributed by atoms with Crippen LogP contribution in [0, 0.1) is 0 Å². The molecule has 1 heterocycles. The van der Waals surface area contributed by atoms with Gasteiger partial charge >= 0.3 is 0 Å². The molecule has 5 heteroatoms. The van der Waals surface area contributed by atoms with E-state index in [-0.39, 0.29) is 0 Å². The van der Waals surface area contributed by atoms with Crippen molar-refractivity contribution in [3.63, 3.8) is 0 Å². The van der Waals surface area contributed by atoms with Gasteiger partial charge in [-0.2, -0.15) is 0 Å². The maximum Gasteiger partial charge on any atom is 0.131 e. The van der Waals surface area contributed by atoms with E-state index < -0.39 is 0 Å². The van der Waals surface area contributed by atoms with Gasteiger partial charge in [0.25, 0.3) is 0 Å². The van der Waals surface area contributed by atoms with Crippen molar-refractivity contribution in [2.75, 3.05) is 20.8 Å². The highest BCUT2D eigenvalue weighted by atomic mass is 16.5. The van der Waals surface area contributed by atoms with Gasteiger partial charge in [-0.25, -0.2) is 4.98 Å². The highest BCUT2D eigenvalue weighted by molar-refractivity contribution is 5.40. The van der Waals surface area contributed by atoms with E-state index in [4.69, 9.17) is 9.47 Å². The SMILES string of the molecule is COc1ccc(C[NH2+]CCCn2ccnc2)c(OC)c1. The molecule has 0 spiro atoms. The van der Waals surface area contributed by atoms with Gasteiger partial charge in [0, 0.05) is 37.0 Å². The zero-order valence-electron chi connectivity index (χ0n) is 12.1. The molecular weight excluding hydrogens is 254 g/mol. The van der Waals surface area contributed by atoms with Gasteiger partial charge in [0.15, 0.2) is 0 Å². The van der Waals surface area contributed by atoms with Crippen molar-refractivity contribution < 1.29 is 14.8 Å². The first-order chi connectivity index (χ1) is 9.83. The Labute approximate surface area is 119 Å². The number of nitrogens with zero attached hydrogens (tertiary/aromatic N) is 2. The Balaban J connectivity index is 1.76. The average molecular weight is 276 g/mol. The first-order valence-corrected chi connectivity index (χ1v) is 6.82. The molecule has 0 fully saturated rings. The van der Waals surface area contributed by atoms with Crippen LogP contribution in [-0.2, 0) is 13.1 Å². The van der Waals surface area contributed by atoms with Crippen molar-refractivity contribution in [3.05, 3.63) is 42.5 Å². The number of hydrogen-bond donors (Lipinski definition) is 1. The third-order valence-corrected chi connectivity index (χ3v) is 3.24. The average Bonchev–Trinajstić information content (AvgIpc) is 3.00. The standard InChI is InChI=1S/C15H21N3O2/c1-19-14-5-4-13(15(10-14)20-2)11-16-6-3-8-18-9-7-17-12-18/h4-5,7,9-10,12,16H,3,6,8,11H2,1-2H3/p+1. The molecule has 0 saturated carbocycles. The van der Waals surface area contributed by atoms with Crippen LogP contribution in [0.15, 0.2) is 36.9 Å². The molecule has 0 aliphatic carbocycles. The monoisotopic (exact) mass is 276 g/mol. The molecule has 0 aliphatic rings. The second-order valence-electron chi connectivity index (χ2n) is 4.61. The summed E-state index contributed by atoms with van der Waals surface area (Å²) in [7, 11) is 3.36. The van der Waals surface area contributed by atoms with E-state index in [2.05, 4.69) is 20.9 Å². The fourth-order valence-electron chi connectivity index (χ4n) is 2.12.